The van der Waals surface area contributed by atoms with Crippen molar-refractivity contribution in [1.29, 1.82) is 0 Å². The van der Waals surface area contributed by atoms with Crippen LogP contribution in [-0.2, 0) is 11.3 Å². The average molecular weight is 386 g/mol. The van der Waals surface area contributed by atoms with E-state index in [4.69, 9.17) is 0 Å². The zero-order valence-corrected chi connectivity index (χ0v) is 14.0. The first-order chi connectivity index (χ1) is 13.3. The Labute approximate surface area is 155 Å². The predicted molar refractivity (Wildman–Crippen MR) is 93.8 cm³/mol. The summed E-state index contributed by atoms with van der Waals surface area (Å²) < 4.78 is 14.9. The number of benzene rings is 2. The van der Waals surface area contributed by atoms with Gasteiger partial charge in [0, 0.05) is 29.8 Å². The van der Waals surface area contributed by atoms with E-state index < -0.39 is 21.6 Å². The number of nitrogens with zero attached hydrogens (tertiary/aromatic N) is 5. The van der Waals surface area contributed by atoms with E-state index in [1.165, 1.54) is 35.3 Å². The van der Waals surface area contributed by atoms with Gasteiger partial charge in [0.2, 0.25) is 5.91 Å². The van der Waals surface area contributed by atoms with Crippen molar-refractivity contribution in [2.24, 2.45) is 0 Å². The molecule has 12 heteroatoms. The lowest BCUT2D eigenvalue weighted by Gasteiger charge is -2.06. The molecule has 1 amide bonds. The van der Waals surface area contributed by atoms with E-state index in [-0.39, 0.29) is 29.4 Å². The number of carbonyl (C=O) groups is 1. The standard InChI is InChI=1S/C16H11FN6O5/c17-13-6-5-12(23(27)28)7-14(13)19-15(24)8-21-9-18-16(20-21)10-1-3-11(4-2-10)22(25)26/h1-7,9H,8H2,(H,19,24). The normalized spacial score (nSPS) is 10.5. The fourth-order valence-corrected chi connectivity index (χ4v) is 2.29. The lowest BCUT2D eigenvalue weighted by Crippen LogP contribution is -2.19. The fraction of sp³-hybridized carbons (Fsp3) is 0.0625. The molecule has 0 saturated carbocycles. The maximum absolute atomic E-state index is 13.7. The zero-order valence-electron chi connectivity index (χ0n) is 14.0. The summed E-state index contributed by atoms with van der Waals surface area (Å²) in [6, 6.07) is 8.32. The molecule has 2 aromatic carbocycles. The smallest absolute Gasteiger partial charge is 0.271 e. The van der Waals surface area contributed by atoms with Crippen molar-refractivity contribution >= 4 is 23.0 Å². The number of non-ortho nitro benzene ring substituents is 2. The lowest BCUT2D eigenvalue weighted by molar-refractivity contribution is -0.385. The Bertz CT molecular complexity index is 1070. The van der Waals surface area contributed by atoms with Crippen LogP contribution in [0.1, 0.15) is 0 Å². The largest absolute Gasteiger partial charge is 0.322 e. The molecule has 0 aliphatic rings. The van der Waals surface area contributed by atoms with Gasteiger partial charge in [0.25, 0.3) is 11.4 Å². The highest BCUT2D eigenvalue weighted by atomic mass is 19.1. The first-order valence-corrected chi connectivity index (χ1v) is 7.71. The number of amides is 1. The quantitative estimate of drug-likeness (QED) is 0.506. The number of carbonyl (C=O) groups excluding carboxylic acids is 1. The molecule has 0 unspecified atom stereocenters. The Hall–Kier alpha value is -4.22. The van der Waals surface area contributed by atoms with Gasteiger partial charge in [0.1, 0.15) is 18.7 Å². The predicted octanol–water partition coefficient (Wildman–Crippen LogP) is 2.54. The maximum atomic E-state index is 13.7. The van der Waals surface area contributed by atoms with E-state index in [2.05, 4.69) is 15.4 Å². The molecule has 0 aliphatic heterocycles. The highest BCUT2D eigenvalue weighted by Gasteiger charge is 2.14. The van der Waals surface area contributed by atoms with Crippen LogP contribution in [0.2, 0.25) is 0 Å². The zero-order chi connectivity index (χ0) is 20.3. The molecule has 142 valence electrons. The molecule has 0 radical (unpaired) electrons. The molecule has 0 atom stereocenters. The fourth-order valence-electron chi connectivity index (χ4n) is 2.29. The number of hydrogen-bond acceptors (Lipinski definition) is 7. The third-order valence-corrected chi connectivity index (χ3v) is 3.61. The van der Waals surface area contributed by atoms with Gasteiger partial charge in [-0.25, -0.2) is 14.1 Å². The van der Waals surface area contributed by atoms with Crippen LogP contribution in [0.25, 0.3) is 11.4 Å². The van der Waals surface area contributed by atoms with E-state index in [0.717, 1.165) is 18.2 Å². The Morgan fingerprint density at radius 2 is 1.71 bits per heavy atom. The molecule has 0 saturated heterocycles. The molecule has 1 heterocycles. The number of nitrogens with one attached hydrogen (secondary N) is 1. The van der Waals surface area contributed by atoms with E-state index in [1.807, 2.05) is 0 Å². The third-order valence-electron chi connectivity index (χ3n) is 3.61. The van der Waals surface area contributed by atoms with Crippen molar-refractivity contribution in [2.45, 2.75) is 6.54 Å². The third kappa shape index (κ3) is 4.12. The molecular formula is C16H11FN6O5. The van der Waals surface area contributed by atoms with Gasteiger partial charge in [0.05, 0.1) is 15.5 Å². The molecule has 3 aromatic rings. The minimum Gasteiger partial charge on any atom is -0.322 e. The minimum atomic E-state index is -0.816. The van der Waals surface area contributed by atoms with Gasteiger partial charge in [-0.1, -0.05) is 0 Å². The van der Waals surface area contributed by atoms with Crippen molar-refractivity contribution in [2.75, 3.05) is 5.32 Å². The van der Waals surface area contributed by atoms with E-state index in [9.17, 15) is 29.4 Å². The second-order valence-corrected chi connectivity index (χ2v) is 5.54. The second-order valence-electron chi connectivity index (χ2n) is 5.54. The minimum absolute atomic E-state index is 0.0819. The number of rotatable bonds is 6. The number of nitro groups is 2. The Kier molecular flexibility index (Phi) is 5.02. The molecule has 0 aliphatic carbocycles. The van der Waals surface area contributed by atoms with Crippen LogP contribution in [0.3, 0.4) is 0 Å². The summed E-state index contributed by atoms with van der Waals surface area (Å²) in [6.07, 6.45) is 1.26. The van der Waals surface area contributed by atoms with Crippen molar-refractivity contribution in [1.82, 2.24) is 14.8 Å². The van der Waals surface area contributed by atoms with Crippen LogP contribution < -0.4 is 5.32 Å². The monoisotopic (exact) mass is 386 g/mol. The van der Waals surface area contributed by atoms with Gasteiger partial charge >= 0.3 is 0 Å². The number of halogens is 1. The molecular weight excluding hydrogens is 375 g/mol. The van der Waals surface area contributed by atoms with Crippen LogP contribution in [0.15, 0.2) is 48.8 Å². The van der Waals surface area contributed by atoms with Crippen molar-refractivity contribution in [3.8, 4) is 11.4 Å². The van der Waals surface area contributed by atoms with Crippen LogP contribution >= 0.6 is 0 Å². The average Bonchev–Trinajstić information content (AvgIpc) is 3.11. The summed E-state index contributed by atoms with van der Waals surface area (Å²) >= 11 is 0. The van der Waals surface area contributed by atoms with Gasteiger partial charge in [0.15, 0.2) is 5.82 Å². The van der Waals surface area contributed by atoms with E-state index >= 15 is 0 Å². The second kappa shape index (κ2) is 7.57. The molecule has 0 bridgehead atoms. The summed E-state index contributed by atoms with van der Waals surface area (Å²) in [5.74, 6) is -1.24. The van der Waals surface area contributed by atoms with Gasteiger partial charge in [-0.15, -0.1) is 0 Å². The number of anilines is 1. The van der Waals surface area contributed by atoms with Crippen LogP contribution in [0.5, 0.6) is 0 Å². The summed E-state index contributed by atoms with van der Waals surface area (Å²) in [5, 5.41) is 27.7. The SMILES string of the molecule is O=C(Cn1cnc(-c2ccc([N+](=O)[O-])cc2)n1)Nc1cc([N+](=O)[O-])ccc1F. The van der Waals surface area contributed by atoms with Gasteiger partial charge in [-0.2, -0.15) is 5.10 Å². The summed E-state index contributed by atoms with van der Waals surface area (Å²) in [6.45, 7) is -0.317. The van der Waals surface area contributed by atoms with Crippen LogP contribution in [0.4, 0.5) is 21.5 Å². The van der Waals surface area contributed by atoms with Crippen molar-refractivity contribution < 1.29 is 19.0 Å². The topological polar surface area (TPSA) is 146 Å². The van der Waals surface area contributed by atoms with Gasteiger partial charge in [-0.3, -0.25) is 25.0 Å². The van der Waals surface area contributed by atoms with Gasteiger partial charge in [-0.05, 0) is 18.2 Å². The number of hydrogen-bond donors (Lipinski definition) is 1. The van der Waals surface area contributed by atoms with Crippen molar-refractivity contribution in [3.05, 3.63) is 74.8 Å². The Morgan fingerprint density at radius 1 is 1.07 bits per heavy atom. The summed E-state index contributed by atoms with van der Waals surface area (Å²) in [4.78, 5) is 36.3. The highest BCUT2D eigenvalue weighted by Crippen LogP contribution is 2.21. The van der Waals surface area contributed by atoms with E-state index in [1.54, 1.807) is 0 Å². The van der Waals surface area contributed by atoms with Crippen LogP contribution in [-0.4, -0.2) is 30.5 Å². The number of nitro benzene ring substituents is 2. The van der Waals surface area contributed by atoms with Crippen LogP contribution in [0, 0.1) is 26.0 Å². The highest BCUT2D eigenvalue weighted by molar-refractivity contribution is 5.91. The molecule has 11 nitrogen and oxygen atoms in total. The molecule has 28 heavy (non-hydrogen) atoms. The lowest BCUT2D eigenvalue weighted by atomic mass is 10.2. The van der Waals surface area contributed by atoms with Gasteiger partial charge < -0.3 is 5.32 Å². The Morgan fingerprint density at radius 3 is 2.36 bits per heavy atom. The first kappa shape index (κ1) is 18.6. The maximum Gasteiger partial charge on any atom is 0.271 e. The molecule has 1 aromatic heterocycles. The Balaban J connectivity index is 1.70. The van der Waals surface area contributed by atoms with Crippen molar-refractivity contribution in [3.63, 3.8) is 0 Å². The molecule has 0 spiro atoms. The summed E-state index contributed by atoms with van der Waals surface area (Å²) in [5.41, 5.74) is -0.260. The number of aromatic nitrogens is 3. The molecule has 0 fully saturated rings. The first-order valence-electron chi connectivity index (χ1n) is 7.71. The summed E-state index contributed by atoms with van der Waals surface area (Å²) in [7, 11) is 0. The molecule has 1 N–H and O–H groups in total. The van der Waals surface area contributed by atoms with E-state index in [0.29, 0.717) is 5.56 Å². The molecule has 3 rings (SSSR count).